The highest BCUT2D eigenvalue weighted by Gasteiger charge is 2.28. The summed E-state index contributed by atoms with van der Waals surface area (Å²) in [5.74, 6) is -0.402. The molecule has 1 saturated heterocycles. The second kappa shape index (κ2) is 10.8. The van der Waals surface area contributed by atoms with E-state index in [-0.39, 0.29) is 29.3 Å². The molecule has 3 aromatic carbocycles. The molecule has 3 aromatic rings. The third-order valence-electron chi connectivity index (χ3n) is 5.76. The van der Waals surface area contributed by atoms with Crippen molar-refractivity contribution in [2.24, 2.45) is 0 Å². The average Bonchev–Trinajstić information content (AvgIpc) is 2.83. The van der Waals surface area contributed by atoms with Gasteiger partial charge in [0.25, 0.3) is 5.91 Å². The van der Waals surface area contributed by atoms with Crippen LogP contribution in [0.5, 0.6) is 0 Å². The Morgan fingerprint density at radius 2 is 1.74 bits per heavy atom. The number of Topliss-reactive ketones (excluding diaryl/α,β-unsaturated/α-hetero) is 1. The highest BCUT2D eigenvalue weighted by Crippen LogP contribution is 2.30. The van der Waals surface area contributed by atoms with Gasteiger partial charge >= 0.3 is 0 Å². The van der Waals surface area contributed by atoms with Gasteiger partial charge in [0.05, 0.1) is 10.8 Å². The van der Waals surface area contributed by atoms with Crippen LogP contribution in [0.4, 0.5) is 10.1 Å². The maximum absolute atomic E-state index is 13.1. The number of ketones is 1. The number of thioether (sulfide) groups is 1. The normalized spacial score (nSPS) is 15.9. The number of amides is 1. The quantitative estimate of drug-likeness (QED) is 0.278. The van der Waals surface area contributed by atoms with Crippen LogP contribution in [0.2, 0.25) is 10.0 Å². The number of piperazine rings is 1. The molecule has 1 atom stereocenters. The van der Waals surface area contributed by atoms with Crippen molar-refractivity contribution in [3.63, 3.8) is 0 Å². The van der Waals surface area contributed by atoms with Gasteiger partial charge in [0.15, 0.2) is 5.78 Å². The lowest BCUT2D eigenvalue weighted by Gasteiger charge is -2.41. The van der Waals surface area contributed by atoms with Crippen LogP contribution < -0.4 is 4.90 Å². The molecule has 1 fully saturated rings. The van der Waals surface area contributed by atoms with Crippen molar-refractivity contribution in [2.45, 2.75) is 17.9 Å². The Morgan fingerprint density at radius 3 is 2.41 bits per heavy atom. The van der Waals surface area contributed by atoms with Gasteiger partial charge in [0.2, 0.25) is 0 Å². The first-order valence-corrected chi connectivity index (χ1v) is 12.6. The van der Waals surface area contributed by atoms with Gasteiger partial charge in [0, 0.05) is 52.4 Å². The predicted octanol–water partition coefficient (Wildman–Crippen LogP) is 6.46. The summed E-state index contributed by atoms with van der Waals surface area (Å²) < 4.78 is 13.1. The summed E-state index contributed by atoms with van der Waals surface area (Å²) in [6.07, 6.45) is 0. The minimum absolute atomic E-state index is 0.0709. The van der Waals surface area contributed by atoms with Gasteiger partial charge in [-0.25, -0.2) is 4.39 Å². The summed E-state index contributed by atoms with van der Waals surface area (Å²) >= 11 is 13.9. The van der Waals surface area contributed by atoms with Crippen LogP contribution in [0.1, 0.15) is 27.6 Å². The van der Waals surface area contributed by atoms with Crippen LogP contribution in [0.3, 0.4) is 0 Å². The Hall–Kier alpha value is -2.54. The smallest absolute Gasteiger partial charge is 0.254 e. The van der Waals surface area contributed by atoms with Crippen LogP contribution in [0, 0.1) is 5.82 Å². The molecule has 1 amide bonds. The fraction of sp³-hybridized carbons (Fsp3) is 0.231. The van der Waals surface area contributed by atoms with E-state index in [0.29, 0.717) is 45.7 Å². The lowest BCUT2D eigenvalue weighted by atomic mass is 10.1. The number of rotatable bonds is 6. The zero-order valence-corrected chi connectivity index (χ0v) is 20.8. The van der Waals surface area contributed by atoms with E-state index >= 15 is 0 Å². The number of carbonyl (C=O) groups excluding carboxylic acids is 2. The van der Waals surface area contributed by atoms with E-state index < -0.39 is 0 Å². The van der Waals surface area contributed by atoms with E-state index in [2.05, 4.69) is 11.8 Å². The zero-order chi connectivity index (χ0) is 24.2. The van der Waals surface area contributed by atoms with Crippen molar-refractivity contribution in [1.29, 1.82) is 0 Å². The van der Waals surface area contributed by atoms with Crippen LogP contribution in [0.15, 0.2) is 71.6 Å². The number of carbonyl (C=O) groups is 2. The zero-order valence-electron chi connectivity index (χ0n) is 18.5. The number of hydrogen-bond acceptors (Lipinski definition) is 4. The van der Waals surface area contributed by atoms with Crippen molar-refractivity contribution in [2.75, 3.05) is 30.3 Å². The molecule has 0 aromatic heterocycles. The Bertz CT molecular complexity index is 1210. The lowest BCUT2D eigenvalue weighted by Crippen LogP contribution is -2.53. The number of anilines is 1. The second-order valence-electron chi connectivity index (χ2n) is 8.14. The van der Waals surface area contributed by atoms with Gasteiger partial charge in [-0.2, -0.15) is 0 Å². The Labute approximate surface area is 212 Å². The molecule has 8 heteroatoms. The molecule has 1 aliphatic heterocycles. The van der Waals surface area contributed by atoms with Crippen molar-refractivity contribution in [3.05, 3.63) is 93.7 Å². The third kappa shape index (κ3) is 5.74. The monoisotopic (exact) mass is 516 g/mol. The van der Waals surface area contributed by atoms with Crippen molar-refractivity contribution in [1.82, 2.24) is 4.90 Å². The minimum atomic E-state index is -0.382. The molecular weight excluding hydrogens is 494 g/mol. The van der Waals surface area contributed by atoms with Crippen molar-refractivity contribution in [3.8, 4) is 0 Å². The van der Waals surface area contributed by atoms with E-state index in [4.69, 9.17) is 23.2 Å². The standard InChI is InChI=1S/C26H23Cl2FN2O2S/c1-17-15-30(11-12-31(17)22-4-2-3-20(27)14-22)26(33)19-7-10-25(23(28)13-19)34-16-24(32)18-5-8-21(29)9-6-18/h2-10,13-14,17H,11-12,15-16H2,1H3/t17-/m0/s1. The third-order valence-corrected chi connectivity index (χ3v) is 7.49. The molecule has 0 aliphatic carbocycles. The first-order valence-electron chi connectivity index (χ1n) is 10.8. The summed E-state index contributed by atoms with van der Waals surface area (Å²) in [7, 11) is 0. The Morgan fingerprint density at radius 1 is 1.00 bits per heavy atom. The molecule has 0 radical (unpaired) electrons. The van der Waals surface area contributed by atoms with Gasteiger partial charge in [-0.3, -0.25) is 9.59 Å². The molecule has 4 rings (SSSR count). The molecule has 1 heterocycles. The largest absolute Gasteiger partial charge is 0.365 e. The molecule has 34 heavy (non-hydrogen) atoms. The molecule has 4 nitrogen and oxygen atoms in total. The highest BCUT2D eigenvalue weighted by molar-refractivity contribution is 8.00. The van der Waals surface area contributed by atoms with Gasteiger partial charge in [-0.05, 0) is 67.6 Å². The lowest BCUT2D eigenvalue weighted by molar-refractivity contribution is 0.0726. The van der Waals surface area contributed by atoms with Gasteiger partial charge in [-0.15, -0.1) is 11.8 Å². The average molecular weight is 517 g/mol. The van der Waals surface area contributed by atoms with Gasteiger partial charge in [0.1, 0.15) is 5.82 Å². The molecule has 0 bridgehead atoms. The van der Waals surface area contributed by atoms with Crippen LogP contribution in [0.25, 0.3) is 0 Å². The van der Waals surface area contributed by atoms with Crippen LogP contribution in [-0.2, 0) is 0 Å². The van der Waals surface area contributed by atoms with E-state index in [1.165, 1.54) is 36.0 Å². The van der Waals surface area contributed by atoms with Crippen molar-refractivity contribution < 1.29 is 14.0 Å². The molecular formula is C26H23Cl2FN2O2S. The fourth-order valence-electron chi connectivity index (χ4n) is 3.98. The van der Waals surface area contributed by atoms with Crippen LogP contribution >= 0.6 is 35.0 Å². The topological polar surface area (TPSA) is 40.6 Å². The summed E-state index contributed by atoms with van der Waals surface area (Å²) in [4.78, 5) is 30.3. The predicted molar refractivity (Wildman–Crippen MR) is 137 cm³/mol. The Kier molecular flexibility index (Phi) is 7.81. The first-order chi connectivity index (χ1) is 16.3. The Balaban J connectivity index is 1.37. The number of benzene rings is 3. The molecule has 0 N–H and O–H groups in total. The summed E-state index contributed by atoms with van der Waals surface area (Å²) in [5.41, 5.74) is 2.01. The number of nitrogens with zero attached hydrogens (tertiary/aromatic N) is 2. The molecule has 0 saturated carbocycles. The van der Waals surface area contributed by atoms with E-state index in [0.717, 1.165) is 5.69 Å². The summed E-state index contributed by atoms with van der Waals surface area (Å²) in [5, 5.41) is 1.11. The van der Waals surface area contributed by atoms with Gasteiger partial charge < -0.3 is 9.80 Å². The highest BCUT2D eigenvalue weighted by atomic mass is 35.5. The molecule has 1 aliphatic rings. The maximum atomic E-state index is 13.1. The van der Waals surface area contributed by atoms with E-state index in [1.54, 1.807) is 18.2 Å². The molecule has 0 spiro atoms. The second-order valence-corrected chi connectivity index (χ2v) is 10.00. The molecule has 176 valence electrons. The number of hydrogen-bond donors (Lipinski definition) is 0. The maximum Gasteiger partial charge on any atom is 0.254 e. The first kappa shape index (κ1) is 24.6. The van der Waals surface area contributed by atoms with Crippen molar-refractivity contribution >= 4 is 52.3 Å². The van der Waals surface area contributed by atoms with E-state index in [1.807, 2.05) is 29.2 Å². The minimum Gasteiger partial charge on any atom is -0.365 e. The molecule has 0 unspecified atom stereocenters. The summed E-state index contributed by atoms with van der Waals surface area (Å²) in [6.45, 7) is 3.98. The summed E-state index contributed by atoms with van der Waals surface area (Å²) in [6, 6.07) is 18.5. The SMILES string of the molecule is C[C@H]1CN(C(=O)c2ccc(SCC(=O)c3ccc(F)cc3)c(Cl)c2)CCN1c1cccc(Cl)c1. The van der Waals surface area contributed by atoms with Gasteiger partial charge in [-0.1, -0.05) is 29.3 Å². The van der Waals surface area contributed by atoms with E-state index in [9.17, 15) is 14.0 Å². The number of halogens is 3. The fourth-order valence-corrected chi connectivity index (χ4v) is 5.32. The van der Waals surface area contributed by atoms with Crippen LogP contribution in [-0.4, -0.2) is 48.0 Å².